The molecule has 0 aromatic heterocycles. The number of aryl methyl sites for hydroxylation is 1. The third-order valence-electron chi connectivity index (χ3n) is 7.54. The first-order valence-electron chi connectivity index (χ1n) is 14.4. The van der Waals surface area contributed by atoms with Crippen molar-refractivity contribution in [2.45, 2.75) is 77.4 Å². The van der Waals surface area contributed by atoms with E-state index in [0.29, 0.717) is 23.1 Å². The average molecular weight is 555 g/mol. The molecule has 1 fully saturated rings. The maximum absolute atomic E-state index is 15.1. The van der Waals surface area contributed by atoms with Crippen molar-refractivity contribution in [1.29, 1.82) is 0 Å². The van der Waals surface area contributed by atoms with Crippen LogP contribution in [0.1, 0.15) is 75.8 Å². The largest absolute Gasteiger partial charge is 0.348 e. The van der Waals surface area contributed by atoms with Crippen LogP contribution in [0.4, 0.5) is 17.6 Å². The highest BCUT2D eigenvalue weighted by Gasteiger charge is 2.27. The second-order valence-corrected chi connectivity index (χ2v) is 10.4. The van der Waals surface area contributed by atoms with E-state index in [4.69, 9.17) is 9.47 Å². The summed E-state index contributed by atoms with van der Waals surface area (Å²) in [5, 5.41) is 0. The van der Waals surface area contributed by atoms with E-state index in [0.717, 1.165) is 19.3 Å². The van der Waals surface area contributed by atoms with Gasteiger partial charge in [0.15, 0.2) is 29.6 Å². The van der Waals surface area contributed by atoms with Gasteiger partial charge in [-0.2, -0.15) is 0 Å². The molecule has 2 nitrogen and oxygen atoms in total. The zero-order valence-electron chi connectivity index (χ0n) is 23.3. The van der Waals surface area contributed by atoms with E-state index in [1.165, 1.54) is 31.7 Å². The fraction of sp³-hybridized carbons (Fsp3) is 0.412. The lowest BCUT2D eigenvalue weighted by Gasteiger charge is -2.28. The van der Waals surface area contributed by atoms with Crippen molar-refractivity contribution in [3.05, 3.63) is 95.1 Å². The molecule has 0 spiro atoms. The molecule has 0 radical (unpaired) electrons. The van der Waals surface area contributed by atoms with E-state index in [1.54, 1.807) is 48.5 Å². The van der Waals surface area contributed by atoms with E-state index in [2.05, 4.69) is 6.92 Å². The smallest absolute Gasteiger partial charge is 0.176 e. The van der Waals surface area contributed by atoms with Gasteiger partial charge in [-0.1, -0.05) is 100 Å². The lowest BCUT2D eigenvalue weighted by Crippen LogP contribution is -2.30. The second-order valence-electron chi connectivity index (χ2n) is 10.4. The molecule has 0 aliphatic carbocycles. The number of benzene rings is 3. The minimum Gasteiger partial charge on any atom is -0.348 e. The van der Waals surface area contributed by atoms with Crippen LogP contribution in [0.3, 0.4) is 0 Å². The second kappa shape index (κ2) is 14.6. The Labute approximate surface area is 235 Å². The molecule has 4 rings (SSSR count). The summed E-state index contributed by atoms with van der Waals surface area (Å²) in [6, 6.07) is 12.7. The third kappa shape index (κ3) is 7.21. The summed E-state index contributed by atoms with van der Waals surface area (Å²) in [6.07, 6.45) is 11.4. The summed E-state index contributed by atoms with van der Waals surface area (Å²) >= 11 is 0. The highest BCUT2D eigenvalue weighted by Crippen LogP contribution is 2.34. The summed E-state index contributed by atoms with van der Waals surface area (Å²) in [6.45, 7) is 4.47. The maximum Gasteiger partial charge on any atom is 0.176 e. The van der Waals surface area contributed by atoms with Crippen molar-refractivity contribution in [3.8, 4) is 22.3 Å². The minimum absolute atomic E-state index is 0.0916. The van der Waals surface area contributed by atoms with Gasteiger partial charge in [0.2, 0.25) is 0 Å². The standard InChI is InChI=1S/C34H38F4O2/c1-3-5-6-7-8-9-10-12-25-17-18-27(32(36)31(25)35)23-13-15-24(16-14-23)28-19-20-29(34(38)33(28)37)26-21-39-30(11-4-2)40-22-26/h4,11,13-20,26,30H,3,5-10,12,21-22H2,1-2H3/b11-4+. The van der Waals surface area contributed by atoms with Gasteiger partial charge in [0, 0.05) is 17.0 Å². The molecule has 0 bridgehead atoms. The fourth-order valence-electron chi connectivity index (χ4n) is 5.18. The fourth-order valence-corrected chi connectivity index (χ4v) is 5.18. The predicted octanol–water partition coefficient (Wildman–Crippen LogP) is 9.90. The molecular weight excluding hydrogens is 516 g/mol. The Morgan fingerprint density at radius 3 is 1.82 bits per heavy atom. The van der Waals surface area contributed by atoms with Gasteiger partial charge in [0.05, 0.1) is 13.2 Å². The van der Waals surface area contributed by atoms with Gasteiger partial charge in [0.25, 0.3) is 0 Å². The van der Waals surface area contributed by atoms with E-state index >= 15 is 8.78 Å². The molecule has 0 N–H and O–H groups in total. The minimum atomic E-state index is -0.965. The third-order valence-corrected chi connectivity index (χ3v) is 7.54. The van der Waals surface area contributed by atoms with Crippen LogP contribution in [0, 0.1) is 23.3 Å². The Bertz CT molecular complexity index is 1280. The Morgan fingerprint density at radius 2 is 1.23 bits per heavy atom. The number of rotatable bonds is 12. The lowest BCUT2D eigenvalue weighted by molar-refractivity contribution is -0.159. The normalized spacial score (nSPS) is 17.6. The molecule has 40 heavy (non-hydrogen) atoms. The number of unbranched alkanes of at least 4 members (excludes halogenated alkanes) is 6. The average Bonchev–Trinajstić information content (AvgIpc) is 2.97. The van der Waals surface area contributed by atoms with Gasteiger partial charge < -0.3 is 9.47 Å². The van der Waals surface area contributed by atoms with Crippen LogP contribution in [-0.4, -0.2) is 19.5 Å². The topological polar surface area (TPSA) is 18.5 Å². The van der Waals surface area contributed by atoms with Crippen molar-refractivity contribution in [2.24, 2.45) is 0 Å². The monoisotopic (exact) mass is 554 g/mol. The Kier molecular flexibility index (Phi) is 11.0. The van der Waals surface area contributed by atoms with Gasteiger partial charge in [-0.25, -0.2) is 17.6 Å². The molecule has 0 saturated carbocycles. The van der Waals surface area contributed by atoms with Crippen LogP contribution in [0.15, 0.2) is 60.7 Å². The molecule has 214 valence electrons. The maximum atomic E-state index is 15.1. The van der Waals surface area contributed by atoms with Gasteiger partial charge >= 0.3 is 0 Å². The molecular formula is C34H38F4O2. The van der Waals surface area contributed by atoms with Gasteiger partial charge in [-0.15, -0.1) is 0 Å². The highest BCUT2D eigenvalue weighted by atomic mass is 19.2. The molecule has 0 atom stereocenters. The number of ether oxygens (including phenoxy) is 2. The Balaban J connectivity index is 1.42. The SMILES string of the molecule is C/C=C/C1OCC(c2ccc(-c3ccc(-c4ccc(CCCCCCCCC)c(F)c4F)cc3)c(F)c2F)CO1. The van der Waals surface area contributed by atoms with Crippen LogP contribution in [0.5, 0.6) is 0 Å². The van der Waals surface area contributed by atoms with E-state index in [1.807, 2.05) is 13.0 Å². The van der Waals surface area contributed by atoms with Crippen molar-refractivity contribution < 1.29 is 27.0 Å². The first-order valence-corrected chi connectivity index (χ1v) is 14.4. The summed E-state index contributed by atoms with van der Waals surface area (Å²) < 4.78 is 71.1. The number of hydrogen-bond acceptors (Lipinski definition) is 2. The first-order chi connectivity index (χ1) is 19.4. The van der Waals surface area contributed by atoms with Crippen LogP contribution in [0.25, 0.3) is 22.3 Å². The molecule has 0 amide bonds. The van der Waals surface area contributed by atoms with Gasteiger partial charge in [-0.3, -0.25) is 0 Å². The van der Waals surface area contributed by atoms with E-state index in [9.17, 15) is 8.78 Å². The lowest BCUT2D eigenvalue weighted by atomic mass is 9.94. The van der Waals surface area contributed by atoms with Gasteiger partial charge in [-0.05, 0) is 48.1 Å². The molecule has 1 heterocycles. The van der Waals surface area contributed by atoms with Crippen LogP contribution >= 0.6 is 0 Å². The van der Waals surface area contributed by atoms with E-state index in [-0.39, 0.29) is 29.9 Å². The van der Waals surface area contributed by atoms with Crippen molar-refractivity contribution >= 4 is 0 Å². The first kappa shape index (κ1) is 30.0. The quantitative estimate of drug-likeness (QED) is 0.126. The molecule has 3 aromatic rings. The summed E-state index contributed by atoms with van der Waals surface area (Å²) in [7, 11) is 0. The zero-order valence-corrected chi connectivity index (χ0v) is 23.3. The number of hydrogen-bond donors (Lipinski definition) is 0. The molecule has 6 heteroatoms. The van der Waals surface area contributed by atoms with Crippen LogP contribution < -0.4 is 0 Å². The van der Waals surface area contributed by atoms with Crippen molar-refractivity contribution in [2.75, 3.05) is 13.2 Å². The zero-order chi connectivity index (χ0) is 28.5. The molecule has 3 aromatic carbocycles. The van der Waals surface area contributed by atoms with Crippen LogP contribution in [-0.2, 0) is 15.9 Å². The molecule has 1 aliphatic heterocycles. The predicted molar refractivity (Wildman–Crippen MR) is 152 cm³/mol. The van der Waals surface area contributed by atoms with Crippen molar-refractivity contribution in [3.63, 3.8) is 0 Å². The molecule has 0 unspecified atom stereocenters. The summed E-state index contributed by atoms with van der Waals surface area (Å²) in [4.78, 5) is 0. The van der Waals surface area contributed by atoms with Crippen molar-refractivity contribution in [1.82, 2.24) is 0 Å². The summed E-state index contributed by atoms with van der Waals surface area (Å²) in [5.74, 6) is -4.02. The van der Waals surface area contributed by atoms with Crippen LogP contribution in [0.2, 0.25) is 0 Å². The molecule has 1 aliphatic rings. The number of halogens is 4. The Morgan fingerprint density at radius 1 is 0.675 bits per heavy atom. The van der Waals surface area contributed by atoms with Gasteiger partial charge in [0.1, 0.15) is 0 Å². The number of allylic oxidation sites excluding steroid dienone is 1. The summed E-state index contributed by atoms with van der Waals surface area (Å²) in [5.41, 5.74) is 1.72. The molecule has 1 saturated heterocycles. The van der Waals surface area contributed by atoms with E-state index < -0.39 is 35.5 Å². The Hall–Kier alpha value is -2.96. The highest BCUT2D eigenvalue weighted by molar-refractivity contribution is 5.71.